The maximum Gasteiger partial charge on any atom is 0.406 e. The van der Waals surface area contributed by atoms with Gasteiger partial charge in [0.25, 0.3) is 0 Å². The largest absolute Gasteiger partial charge is 0.406 e. The first-order valence-corrected chi connectivity index (χ1v) is 8.47. The van der Waals surface area contributed by atoms with Gasteiger partial charge in [0.2, 0.25) is 0 Å². The van der Waals surface area contributed by atoms with E-state index in [0.29, 0.717) is 38.0 Å². The highest BCUT2D eigenvalue weighted by molar-refractivity contribution is 6.32. The van der Waals surface area contributed by atoms with E-state index in [-0.39, 0.29) is 0 Å². The summed E-state index contributed by atoms with van der Waals surface area (Å²) in [6.45, 7) is 0.383. The van der Waals surface area contributed by atoms with Crippen LogP contribution in [-0.2, 0) is 6.54 Å². The molecule has 1 N–H and O–H groups in total. The summed E-state index contributed by atoms with van der Waals surface area (Å²) in [4.78, 5) is 3.98. The van der Waals surface area contributed by atoms with Gasteiger partial charge in [0.05, 0.1) is 23.4 Å². The van der Waals surface area contributed by atoms with Crippen LogP contribution in [0, 0.1) is 0 Å². The van der Waals surface area contributed by atoms with Crippen molar-refractivity contribution >= 4 is 33.4 Å². The topological polar surface area (TPSA) is 55.9 Å². The smallest absolute Gasteiger partial charge is 0.372 e. The first-order valence-electron chi connectivity index (χ1n) is 8.09. The molecule has 0 radical (unpaired) electrons. The number of halogens is 4. The van der Waals surface area contributed by atoms with Crippen molar-refractivity contribution in [2.75, 3.05) is 0 Å². The van der Waals surface area contributed by atoms with E-state index in [1.807, 2.05) is 0 Å². The van der Waals surface area contributed by atoms with E-state index in [1.165, 1.54) is 34.8 Å². The highest BCUT2D eigenvalue weighted by Gasteiger charge is 2.30. The molecule has 5 nitrogen and oxygen atoms in total. The molecule has 0 aliphatic carbocycles. The van der Waals surface area contributed by atoms with Crippen molar-refractivity contribution in [1.82, 2.24) is 19.3 Å². The van der Waals surface area contributed by atoms with E-state index in [4.69, 9.17) is 11.6 Å². The Morgan fingerprint density at radius 3 is 2.67 bits per heavy atom. The first-order chi connectivity index (χ1) is 12.7. The molecular formula is C18H14ClF3N4O. The molecule has 1 atom stereocenters. The Kier molecular flexibility index (Phi) is 4.12. The minimum absolute atomic E-state index is 0.372. The number of rotatable bonds is 3. The Labute approximate surface area is 156 Å². The Morgan fingerprint density at radius 1 is 1.22 bits per heavy atom. The third-order valence-electron chi connectivity index (χ3n) is 4.36. The summed E-state index contributed by atoms with van der Waals surface area (Å²) in [5, 5.41) is 15.4. The van der Waals surface area contributed by atoms with Gasteiger partial charge in [0, 0.05) is 39.3 Å². The van der Waals surface area contributed by atoms with Crippen LogP contribution in [0.2, 0.25) is 5.02 Å². The number of pyridine rings is 1. The maximum absolute atomic E-state index is 13.3. The van der Waals surface area contributed by atoms with Crippen LogP contribution < -0.4 is 0 Å². The lowest BCUT2D eigenvalue weighted by atomic mass is 10.0. The van der Waals surface area contributed by atoms with Gasteiger partial charge < -0.3 is 9.67 Å². The quantitative estimate of drug-likeness (QED) is 0.544. The lowest BCUT2D eigenvalue weighted by Gasteiger charge is -2.13. The first kappa shape index (κ1) is 17.8. The number of aliphatic hydroxyl groups is 1. The predicted octanol–water partition coefficient (Wildman–Crippen LogP) is 4.78. The van der Waals surface area contributed by atoms with Gasteiger partial charge in [-0.15, -0.1) is 0 Å². The van der Waals surface area contributed by atoms with Crippen molar-refractivity contribution < 1.29 is 18.3 Å². The number of fused-ring (bicyclic) bond motifs is 3. The number of hydrogen-bond donors (Lipinski definition) is 1. The van der Waals surface area contributed by atoms with Crippen molar-refractivity contribution in [3.63, 3.8) is 0 Å². The van der Waals surface area contributed by atoms with E-state index in [1.54, 1.807) is 24.4 Å². The van der Waals surface area contributed by atoms with Gasteiger partial charge in [0.1, 0.15) is 12.8 Å². The number of aromatic nitrogens is 4. The van der Waals surface area contributed by atoms with Gasteiger partial charge in [-0.3, -0.25) is 4.98 Å². The number of hydrogen-bond acceptors (Lipinski definition) is 3. The zero-order valence-corrected chi connectivity index (χ0v) is 14.8. The van der Waals surface area contributed by atoms with Crippen LogP contribution in [0.15, 0.2) is 43.0 Å². The number of aliphatic hydroxyl groups excluding tert-OH is 1. The molecule has 140 valence electrons. The molecule has 0 aliphatic rings. The predicted molar refractivity (Wildman–Crippen MR) is 96.5 cm³/mol. The van der Waals surface area contributed by atoms with E-state index in [9.17, 15) is 18.3 Å². The Bertz CT molecular complexity index is 1150. The molecule has 1 aromatic carbocycles. The molecule has 3 heterocycles. The van der Waals surface area contributed by atoms with Crippen LogP contribution in [0.5, 0.6) is 0 Å². The second kappa shape index (κ2) is 6.24. The molecule has 0 spiro atoms. The lowest BCUT2D eigenvalue weighted by Crippen LogP contribution is -2.17. The van der Waals surface area contributed by atoms with Crippen molar-refractivity contribution in [3.8, 4) is 11.1 Å². The standard InChI is InChI=1S/C18H14ClF3N4O/c1-10(27)26-8-11(6-24-26)14-4-12(19)5-15-13-2-3-23-7-16(13)25(17(14)15)9-18(20,21)22/h2-8,10,27H,9H2,1H3. The summed E-state index contributed by atoms with van der Waals surface area (Å²) in [7, 11) is 0. The van der Waals surface area contributed by atoms with Crippen LogP contribution in [0.1, 0.15) is 13.2 Å². The summed E-state index contributed by atoms with van der Waals surface area (Å²) in [5.41, 5.74) is 1.83. The van der Waals surface area contributed by atoms with Gasteiger partial charge >= 0.3 is 6.18 Å². The van der Waals surface area contributed by atoms with Gasteiger partial charge in [0.15, 0.2) is 0 Å². The Morgan fingerprint density at radius 2 is 2.00 bits per heavy atom. The van der Waals surface area contributed by atoms with E-state index >= 15 is 0 Å². The van der Waals surface area contributed by atoms with Crippen molar-refractivity contribution in [1.29, 1.82) is 0 Å². The fourth-order valence-corrected chi connectivity index (χ4v) is 3.51. The molecule has 0 amide bonds. The normalized spacial score (nSPS) is 13.6. The van der Waals surface area contributed by atoms with Crippen molar-refractivity contribution in [2.45, 2.75) is 25.9 Å². The van der Waals surface area contributed by atoms with Crippen LogP contribution in [0.4, 0.5) is 13.2 Å². The molecule has 0 bridgehead atoms. The Hall–Kier alpha value is -2.58. The zero-order chi connectivity index (χ0) is 19.3. The molecule has 0 saturated heterocycles. The van der Waals surface area contributed by atoms with Gasteiger partial charge in [-0.25, -0.2) is 4.68 Å². The third kappa shape index (κ3) is 3.15. The fourth-order valence-electron chi connectivity index (χ4n) is 3.29. The lowest BCUT2D eigenvalue weighted by molar-refractivity contribution is -0.139. The molecule has 9 heteroatoms. The number of alkyl halides is 3. The van der Waals surface area contributed by atoms with Crippen LogP contribution in [0.3, 0.4) is 0 Å². The SMILES string of the molecule is CC(O)n1cc(-c2cc(Cl)cc3c4ccncc4n(CC(F)(F)F)c23)cn1. The van der Waals surface area contributed by atoms with Gasteiger partial charge in [-0.2, -0.15) is 18.3 Å². The summed E-state index contributed by atoms with van der Waals surface area (Å²) >= 11 is 6.26. The van der Waals surface area contributed by atoms with Crippen molar-refractivity contribution in [3.05, 3.63) is 48.0 Å². The third-order valence-corrected chi connectivity index (χ3v) is 4.58. The molecule has 0 aliphatic heterocycles. The average Bonchev–Trinajstić information content (AvgIpc) is 3.18. The molecule has 1 unspecified atom stereocenters. The van der Waals surface area contributed by atoms with Gasteiger partial charge in [-0.1, -0.05) is 11.6 Å². The van der Waals surface area contributed by atoms with E-state index in [0.717, 1.165) is 0 Å². The van der Waals surface area contributed by atoms with Gasteiger partial charge in [-0.05, 0) is 25.1 Å². The second-order valence-corrected chi connectivity index (χ2v) is 6.72. The zero-order valence-electron chi connectivity index (χ0n) is 14.1. The molecule has 0 saturated carbocycles. The average molecular weight is 395 g/mol. The van der Waals surface area contributed by atoms with Crippen LogP contribution in [-0.4, -0.2) is 30.6 Å². The molecule has 4 aromatic rings. The van der Waals surface area contributed by atoms with E-state index in [2.05, 4.69) is 10.1 Å². The molecule has 4 rings (SSSR count). The maximum atomic E-state index is 13.3. The monoisotopic (exact) mass is 394 g/mol. The summed E-state index contributed by atoms with van der Waals surface area (Å²) in [6.07, 6.45) is 0.743. The fraction of sp³-hybridized carbons (Fsp3) is 0.222. The minimum atomic E-state index is -4.41. The number of nitrogens with zero attached hydrogens (tertiary/aromatic N) is 4. The summed E-state index contributed by atoms with van der Waals surface area (Å²) in [5.74, 6) is 0. The summed E-state index contributed by atoms with van der Waals surface area (Å²) in [6, 6.07) is 4.92. The molecule has 27 heavy (non-hydrogen) atoms. The second-order valence-electron chi connectivity index (χ2n) is 6.28. The van der Waals surface area contributed by atoms with E-state index < -0.39 is 18.9 Å². The number of benzene rings is 1. The highest BCUT2D eigenvalue weighted by Crippen LogP contribution is 2.39. The highest BCUT2D eigenvalue weighted by atomic mass is 35.5. The van der Waals surface area contributed by atoms with Crippen LogP contribution in [0.25, 0.3) is 32.9 Å². The molecule has 0 fully saturated rings. The van der Waals surface area contributed by atoms with Crippen molar-refractivity contribution in [2.24, 2.45) is 0 Å². The minimum Gasteiger partial charge on any atom is -0.372 e. The van der Waals surface area contributed by atoms with Crippen LogP contribution >= 0.6 is 11.6 Å². The summed E-state index contributed by atoms with van der Waals surface area (Å²) < 4.78 is 42.4. The Balaban J connectivity index is 2.09. The molecule has 3 aromatic heterocycles. The molecular weight excluding hydrogens is 381 g/mol.